The van der Waals surface area contributed by atoms with Crippen LogP contribution in [0.25, 0.3) is 0 Å². The van der Waals surface area contributed by atoms with Gasteiger partial charge in [-0.15, -0.1) is 0 Å². The molecule has 0 bridgehead atoms. The predicted molar refractivity (Wildman–Crippen MR) is 124 cm³/mol. The molecule has 2 aliphatic rings. The summed E-state index contributed by atoms with van der Waals surface area (Å²) in [7, 11) is 5.20. The molecule has 0 aromatic heterocycles. The summed E-state index contributed by atoms with van der Waals surface area (Å²) in [5.74, 6) is 2.24. The number of guanidine groups is 1. The van der Waals surface area contributed by atoms with Crippen LogP contribution in [-0.4, -0.2) is 56.7 Å². The van der Waals surface area contributed by atoms with E-state index in [1.165, 1.54) is 32.1 Å². The first-order valence-corrected chi connectivity index (χ1v) is 11.6. The fourth-order valence-electron chi connectivity index (χ4n) is 4.23. The molecule has 0 unspecified atom stereocenters. The Bertz CT molecular complexity index is 738. The van der Waals surface area contributed by atoms with Gasteiger partial charge in [-0.05, 0) is 44.6 Å². The fraction of sp³-hybridized carbons (Fsp3) is 0.667. The number of amides is 1. The van der Waals surface area contributed by atoms with Crippen LogP contribution < -0.4 is 20.1 Å². The van der Waals surface area contributed by atoms with E-state index in [2.05, 4.69) is 10.6 Å². The van der Waals surface area contributed by atoms with Gasteiger partial charge in [-0.2, -0.15) is 0 Å². The Morgan fingerprint density at radius 1 is 1.10 bits per heavy atom. The molecule has 172 valence electrons. The smallest absolute Gasteiger partial charge is 0.241 e. The van der Waals surface area contributed by atoms with E-state index in [4.69, 9.17) is 14.5 Å². The lowest BCUT2D eigenvalue weighted by Crippen LogP contribution is -2.47. The summed E-state index contributed by atoms with van der Waals surface area (Å²) >= 11 is 0. The van der Waals surface area contributed by atoms with Gasteiger partial charge in [-0.1, -0.05) is 31.4 Å². The van der Waals surface area contributed by atoms with Gasteiger partial charge < -0.3 is 25.0 Å². The summed E-state index contributed by atoms with van der Waals surface area (Å²) in [6.07, 6.45) is 10.9. The highest BCUT2D eigenvalue weighted by molar-refractivity contribution is 5.86. The third-order valence-electron chi connectivity index (χ3n) is 6.13. The number of methoxy groups -OCH3 is 1. The number of aliphatic imine (C=N–C) groups is 1. The van der Waals surface area contributed by atoms with Crippen molar-refractivity contribution in [3.8, 4) is 11.5 Å². The topological polar surface area (TPSA) is 75.2 Å². The quantitative estimate of drug-likeness (QED) is 0.488. The first-order valence-electron chi connectivity index (χ1n) is 11.6. The SMILES string of the molecule is COc1cccc(CN=C(NCC(=O)N(C)C)NC2CCCCC2)c1OC1CCCC1. The van der Waals surface area contributed by atoms with Crippen LogP contribution in [0.4, 0.5) is 0 Å². The minimum absolute atomic E-state index is 0.0183. The number of benzene rings is 1. The summed E-state index contributed by atoms with van der Waals surface area (Å²) in [4.78, 5) is 18.5. The average Bonchev–Trinajstić information content (AvgIpc) is 3.29. The summed E-state index contributed by atoms with van der Waals surface area (Å²) in [5.41, 5.74) is 0.995. The van der Waals surface area contributed by atoms with Gasteiger partial charge in [0.15, 0.2) is 17.5 Å². The lowest BCUT2D eigenvalue weighted by molar-refractivity contribution is -0.127. The van der Waals surface area contributed by atoms with E-state index in [9.17, 15) is 4.79 Å². The number of rotatable bonds is 8. The zero-order valence-corrected chi connectivity index (χ0v) is 19.3. The van der Waals surface area contributed by atoms with E-state index >= 15 is 0 Å². The Kier molecular flexibility index (Phi) is 8.85. The molecule has 3 rings (SSSR count). The first-order chi connectivity index (χ1) is 15.1. The van der Waals surface area contributed by atoms with Crippen LogP contribution >= 0.6 is 0 Å². The number of ether oxygens (including phenoxy) is 2. The number of carbonyl (C=O) groups is 1. The Labute approximate surface area is 186 Å². The van der Waals surface area contributed by atoms with Crippen molar-refractivity contribution in [2.75, 3.05) is 27.7 Å². The molecule has 0 saturated heterocycles. The highest BCUT2D eigenvalue weighted by Crippen LogP contribution is 2.35. The van der Waals surface area contributed by atoms with Gasteiger partial charge >= 0.3 is 0 Å². The zero-order valence-electron chi connectivity index (χ0n) is 19.3. The van der Waals surface area contributed by atoms with Crippen molar-refractivity contribution in [1.29, 1.82) is 0 Å². The lowest BCUT2D eigenvalue weighted by Gasteiger charge is -2.25. The standard InChI is InChI=1S/C24H38N4O3/c1-28(2)22(29)17-26-24(27-19-11-5-4-6-12-19)25-16-18-10-9-15-21(30-3)23(18)31-20-13-7-8-14-20/h9-10,15,19-20H,4-8,11-14,16-17H2,1-3H3,(H2,25,26,27). The second kappa shape index (κ2) is 11.8. The van der Waals surface area contributed by atoms with E-state index in [0.717, 1.165) is 42.7 Å². The number of nitrogens with one attached hydrogen (secondary N) is 2. The molecule has 1 aromatic rings. The molecule has 0 atom stereocenters. The third kappa shape index (κ3) is 7.04. The van der Waals surface area contributed by atoms with Gasteiger partial charge in [0.1, 0.15) is 0 Å². The lowest BCUT2D eigenvalue weighted by atomic mass is 9.96. The maximum atomic E-state index is 12.1. The van der Waals surface area contributed by atoms with Gasteiger partial charge in [0.2, 0.25) is 5.91 Å². The van der Waals surface area contributed by atoms with E-state index in [0.29, 0.717) is 18.5 Å². The number of hydrogen-bond acceptors (Lipinski definition) is 4. The fourth-order valence-corrected chi connectivity index (χ4v) is 4.23. The molecule has 1 amide bonds. The number of carbonyl (C=O) groups excluding carboxylic acids is 1. The molecule has 31 heavy (non-hydrogen) atoms. The number of hydrogen-bond donors (Lipinski definition) is 2. The van der Waals surface area contributed by atoms with Crippen molar-refractivity contribution >= 4 is 11.9 Å². The highest BCUT2D eigenvalue weighted by atomic mass is 16.5. The summed E-state index contributed by atoms with van der Waals surface area (Å²) in [5, 5.41) is 6.75. The van der Waals surface area contributed by atoms with Crippen LogP contribution in [0, 0.1) is 0 Å². The van der Waals surface area contributed by atoms with Crippen molar-refractivity contribution in [1.82, 2.24) is 15.5 Å². The Hall–Kier alpha value is -2.44. The molecule has 7 heteroatoms. The first kappa shape index (κ1) is 23.2. The molecule has 2 fully saturated rings. The minimum atomic E-state index is 0.0183. The van der Waals surface area contributed by atoms with Crippen molar-refractivity contribution in [3.63, 3.8) is 0 Å². The third-order valence-corrected chi connectivity index (χ3v) is 6.13. The van der Waals surface area contributed by atoms with Crippen LogP contribution in [0.2, 0.25) is 0 Å². The van der Waals surface area contributed by atoms with E-state index in [-0.39, 0.29) is 18.6 Å². The number of para-hydroxylation sites is 1. The molecule has 1 aromatic carbocycles. The van der Waals surface area contributed by atoms with Gasteiger partial charge in [0, 0.05) is 25.7 Å². The van der Waals surface area contributed by atoms with E-state index in [1.54, 1.807) is 26.1 Å². The maximum Gasteiger partial charge on any atom is 0.241 e. The zero-order chi connectivity index (χ0) is 22.1. The van der Waals surface area contributed by atoms with Crippen molar-refractivity contribution in [2.45, 2.75) is 76.5 Å². The van der Waals surface area contributed by atoms with Crippen molar-refractivity contribution in [3.05, 3.63) is 23.8 Å². The van der Waals surface area contributed by atoms with Crippen molar-refractivity contribution < 1.29 is 14.3 Å². The van der Waals surface area contributed by atoms with Crippen LogP contribution in [0.15, 0.2) is 23.2 Å². The van der Waals surface area contributed by atoms with Gasteiger partial charge in [0.05, 0.1) is 26.3 Å². The molecule has 2 N–H and O–H groups in total. The van der Waals surface area contributed by atoms with Crippen LogP contribution in [-0.2, 0) is 11.3 Å². The largest absolute Gasteiger partial charge is 0.493 e. The van der Waals surface area contributed by atoms with Gasteiger partial charge in [0.25, 0.3) is 0 Å². The van der Waals surface area contributed by atoms with Crippen molar-refractivity contribution in [2.24, 2.45) is 4.99 Å². The van der Waals surface area contributed by atoms with E-state index < -0.39 is 0 Å². The molecular weight excluding hydrogens is 392 g/mol. The summed E-state index contributed by atoms with van der Waals surface area (Å²) in [6.45, 7) is 0.673. The predicted octanol–water partition coefficient (Wildman–Crippen LogP) is 3.47. The van der Waals surface area contributed by atoms with Crippen LogP contribution in [0.5, 0.6) is 11.5 Å². The van der Waals surface area contributed by atoms with E-state index in [1.807, 2.05) is 18.2 Å². The van der Waals surface area contributed by atoms with Gasteiger partial charge in [-0.25, -0.2) is 4.99 Å². The molecule has 0 aliphatic heterocycles. The molecule has 2 saturated carbocycles. The van der Waals surface area contributed by atoms with Gasteiger partial charge in [-0.3, -0.25) is 4.79 Å². The molecular formula is C24H38N4O3. The molecule has 0 radical (unpaired) electrons. The normalized spacial score (nSPS) is 18.0. The average molecular weight is 431 g/mol. The second-order valence-electron chi connectivity index (χ2n) is 8.76. The van der Waals surface area contributed by atoms with Crippen LogP contribution in [0.3, 0.4) is 0 Å². The monoisotopic (exact) mass is 430 g/mol. The summed E-state index contributed by atoms with van der Waals surface area (Å²) < 4.78 is 11.9. The Morgan fingerprint density at radius 2 is 1.81 bits per heavy atom. The second-order valence-corrected chi connectivity index (χ2v) is 8.76. The minimum Gasteiger partial charge on any atom is -0.493 e. The molecule has 0 heterocycles. The number of nitrogens with zero attached hydrogens (tertiary/aromatic N) is 2. The Balaban J connectivity index is 1.74. The molecule has 7 nitrogen and oxygen atoms in total. The molecule has 2 aliphatic carbocycles. The Morgan fingerprint density at radius 3 is 2.48 bits per heavy atom. The highest BCUT2D eigenvalue weighted by Gasteiger charge is 2.21. The maximum absolute atomic E-state index is 12.1. The summed E-state index contributed by atoms with van der Waals surface area (Å²) in [6, 6.07) is 6.35. The van der Waals surface area contributed by atoms with Crippen LogP contribution in [0.1, 0.15) is 63.4 Å². The molecule has 0 spiro atoms. The number of likely N-dealkylation sites (N-methyl/N-ethyl adjacent to an activating group) is 1.